The van der Waals surface area contributed by atoms with Crippen molar-refractivity contribution in [1.29, 1.82) is 0 Å². The third kappa shape index (κ3) is 2.57. The minimum Gasteiger partial charge on any atom is -0.493 e. The van der Waals surface area contributed by atoms with Crippen molar-refractivity contribution in [2.45, 2.75) is 13.3 Å². The van der Waals surface area contributed by atoms with Gasteiger partial charge >= 0.3 is 0 Å². The van der Waals surface area contributed by atoms with Gasteiger partial charge in [-0.1, -0.05) is 12.1 Å². The highest BCUT2D eigenvalue weighted by atomic mass is 16.5. The normalized spacial score (nSPS) is 9.86. The molecule has 0 aliphatic carbocycles. The summed E-state index contributed by atoms with van der Waals surface area (Å²) in [6.07, 6.45) is 0.365. The molecule has 0 fully saturated rings. The van der Waals surface area contributed by atoms with E-state index in [9.17, 15) is 4.79 Å². The zero-order valence-corrected chi connectivity index (χ0v) is 8.32. The molecule has 1 aromatic carbocycles. The smallest absolute Gasteiger partial charge is 0.167 e. The van der Waals surface area contributed by atoms with Crippen molar-refractivity contribution in [2.24, 2.45) is 5.73 Å². The average Bonchev–Trinajstić information content (AvgIpc) is 2.19. The predicted molar refractivity (Wildman–Crippen MR) is 55.6 cm³/mol. The number of carbonyl (C=O) groups is 1. The van der Waals surface area contributed by atoms with E-state index in [0.29, 0.717) is 30.9 Å². The van der Waals surface area contributed by atoms with Crippen LogP contribution in [0.1, 0.15) is 23.7 Å². The molecule has 3 heteroatoms. The summed E-state index contributed by atoms with van der Waals surface area (Å²) in [7, 11) is 0. The highest BCUT2D eigenvalue weighted by Gasteiger charge is 2.10. The third-order valence-corrected chi connectivity index (χ3v) is 1.86. The lowest BCUT2D eigenvalue weighted by atomic mass is 10.1. The molecule has 0 amide bonds. The fraction of sp³-hybridized carbons (Fsp3) is 0.364. The summed E-state index contributed by atoms with van der Waals surface area (Å²) in [4.78, 5) is 11.6. The Balaban J connectivity index is 2.88. The van der Waals surface area contributed by atoms with Crippen molar-refractivity contribution in [2.75, 3.05) is 13.2 Å². The standard InChI is InChI=1S/C11H15NO2/c1-2-14-11-6-4-3-5-9(11)10(13)7-8-12/h3-6H,2,7-8,12H2,1H3. The van der Waals surface area contributed by atoms with Crippen LogP contribution in [0, 0.1) is 0 Å². The first-order valence-corrected chi connectivity index (χ1v) is 4.74. The van der Waals surface area contributed by atoms with Gasteiger partial charge in [-0.25, -0.2) is 0 Å². The molecular weight excluding hydrogens is 178 g/mol. The number of benzene rings is 1. The fourth-order valence-corrected chi connectivity index (χ4v) is 1.24. The molecule has 1 aromatic rings. The zero-order chi connectivity index (χ0) is 10.4. The number of rotatable bonds is 5. The van der Waals surface area contributed by atoms with Gasteiger partial charge < -0.3 is 10.5 Å². The fourth-order valence-electron chi connectivity index (χ4n) is 1.24. The molecule has 0 unspecified atom stereocenters. The van der Waals surface area contributed by atoms with Gasteiger partial charge in [-0.3, -0.25) is 4.79 Å². The van der Waals surface area contributed by atoms with Gasteiger partial charge in [-0.2, -0.15) is 0 Å². The Morgan fingerprint density at radius 2 is 2.14 bits per heavy atom. The number of nitrogens with two attached hydrogens (primary N) is 1. The van der Waals surface area contributed by atoms with Crippen LogP contribution in [0.4, 0.5) is 0 Å². The van der Waals surface area contributed by atoms with Gasteiger partial charge in [0.05, 0.1) is 12.2 Å². The Kier molecular flexibility index (Phi) is 4.13. The Morgan fingerprint density at radius 3 is 2.79 bits per heavy atom. The Morgan fingerprint density at radius 1 is 1.43 bits per heavy atom. The maximum atomic E-state index is 11.6. The first-order chi connectivity index (χ1) is 6.79. The molecule has 0 atom stereocenters. The number of para-hydroxylation sites is 1. The number of ketones is 1. The molecule has 1 rings (SSSR count). The highest BCUT2D eigenvalue weighted by Crippen LogP contribution is 2.19. The van der Waals surface area contributed by atoms with Gasteiger partial charge in [0.1, 0.15) is 5.75 Å². The number of hydrogen-bond donors (Lipinski definition) is 1. The molecule has 0 heterocycles. The van der Waals surface area contributed by atoms with E-state index in [-0.39, 0.29) is 5.78 Å². The molecule has 2 N–H and O–H groups in total. The van der Waals surface area contributed by atoms with Crippen molar-refractivity contribution in [3.05, 3.63) is 29.8 Å². The Bertz CT molecular complexity index is 310. The van der Waals surface area contributed by atoms with Crippen LogP contribution < -0.4 is 10.5 Å². The lowest BCUT2D eigenvalue weighted by Gasteiger charge is -2.07. The molecule has 0 radical (unpaired) electrons. The van der Waals surface area contributed by atoms with Gasteiger partial charge in [0.25, 0.3) is 0 Å². The molecule has 0 saturated heterocycles. The summed E-state index contributed by atoms with van der Waals surface area (Å²) in [5, 5.41) is 0. The van der Waals surface area contributed by atoms with E-state index in [1.807, 2.05) is 19.1 Å². The molecule has 0 spiro atoms. The van der Waals surface area contributed by atoms with Crippen LogP contribution in [-0.4, -0.2) is 18.9 Å². The highest BCUT2D eigenvalue weighted by molar-refractivity contribution is 5.98. The molecular formula is C11H15NO2. The molecule has 3 nitrogen and oxygen atoms in total. The summed E-state index contributed by atoms with van der Waals surface area (Å²) in [6.45, 7) is 2.83. The average molecular weight is 193 g/mol. The monoisotopic (exact) mass is 193 g/mol. The zero-order valence-electron chi connectivity index (χ0n) is 8.32. The first kappa shape index (κ1) is 10.7. The van der Waals surface area contributed by atoms with Gasteiger partial charge in [0, 0.05) is 6.42 Å². The van der Waals surface area contributed by atoms with Crippen LogP contribution in [0.15, 0.2) is 24.3 Å². The minimum absolute atomic E-state index is 0.0385. The van der Waals surface area contributed by atoms with Crippen molar-refractivity contribution >= 4 is 5.78 Å². The Hall–Kier alpha value is -1.35. The maximum Gasteiger partial charge on any atom is 0.167 e. The lowest BCUT2D eigenvalue weighted by molar-refractivity contribution is 0.0982. The van der Waals surface area contributed by atoms with Gasteiger partial charge in [0.2, 0.25) is 0 Å². The van der Waals surface area contributed by atoms with Crippen molar-refractivity contribution in [1.82, 2.24) is 0 Å². The van der Waals surface area contributed by atoms with Crippen LogP contribution in [0.2, 0.25) is 0 Å². The molecule has 0 aliphatic rings. The summed E-state index contributed by atoms with van der Waals surface area (Å²) in [6, 6.07) is 7.24. The van der Waals surface area contributed by atoms with E-state index in [2.05, 4.69) is 0 Å². The van der Waals surface area contributed by atoms with Crippen LogP contribution >= 0.6 is 0 Å². The number of ether oxygens (including phenoxy) is 1. The first-order valence-electron chi connectivity index (χ1n) is 4.74. The third-order valence-electron chi connectivity index (χ3n) is 1.86. The van der Waals surface area contributed by atoms with E-state index in [1.165, 1.54) is 0 Å². The predicted octanol–water partition coefficient (Wildman–Crippen LogP) is 1.62. The molecule has 76 valence electrons. The van der Waals surface area contributed by atoms with Crippen LogP contribution in [0.3, 0.4) is 0 Å². The minimum atomic E-state index is 0.0385. The van der Waals surface area contributed by atoms with E-state index in [1.54, 1.807) is 12.1 Å². The van der Waals surface area contributed by atoms with Gasteiger partial charge in [-0.05, 0) is 25.6 Å². The molecule has 0 aliphatic heterocycles. The van der Waals surface area contributed by atoms with Crippen LogP contribution in [0.25, 0.3) is 0 Å². The van der Waals surface area contributed by atoms with E-state index in [0.717, 1.165) is 0 Å². The second-order valence-electron chi connectivity index (χ2n) is 2.89. The van der Waals surface area contributed by atoms with Crippen LogP contribution in [-0.2, 0) is 0 Å². The summed E-state index contributed by atoms with van der Waals surface area (Å²) in [5.74, 6) is 0.685. The largest absolute Gasteiger partial charge is 0.493 e. The van der Waals surface area contributed by atoms with Gasteiger partial charge in [0.15, 0.2) is 5.78 Å². The maximum absolute atomic E-state index is 11.6. The summed E-state index contributed by atoms with van der Waals surface area (Å²) >= 11 is 0. The number of Topliss-reactive ketones (excluding diaryl/α,β-unsaturated/α-hetero) is 1. The number of carbonyl (C=O) groups excluding carboxylic acids is 1. The quantitative estimate of drug-likeness (QED) is 0.723. The van der Waals surface area contributed by atoms with Crippen molar-refractivity contribution in [3.63, 3.8) is 0 Å². The second-order valence-corrected chi connectivity index (χ2v) is 2.89. The van der Waals surface area contributed by atoms with Crippen molar-refractivity contribution < 1.29 is 9.53 Å². The molecule has 0 bridgehead atoms. The lowest BCUT2D eigenvalue weighted by Crippen LogP contribution is -2.09. The molecule has 0 saturated carbocycles. The van der Waals surface area contributed by atoms with E-state index >= 15 is 0 Å². The molecule has 0 aromatic heterocycles. The van der Waals surface area contributed by atoms with Gasteiger partial charge in [-0.15, -0.1) is 0 Å². The summed E-state index contributed by atoms with van der Waals surface area (Å²) < 4.78 is 5.34. The van der Waals surface area contributed by atoms with E-state index < -0.39 is 0 Å². The van der Waals surface area contributed by atoms with Crippen molar-refractivity contribution in [3.8, 4) is 5.75 Å². The SMILES string of the molecule is CCOc1ccccc1C(=O)CCN. The topological polar surface area (TPSA) is 52.3 Å². The Labute approximate surface area is 83.9 Å². The number of hydrogen-bond acceptors (Lipinski definition) is 3. The van der Waals surface area contributed by atoms with Crippen LogP contribution in [0.5, 0.6) is 5.75 Å². The second kappa shape index (κ2) is 5.40. The van der Waals surface area contributed by atoms with E-state index in [4.69, 9.17) is 10.5 Å². The molecule has 14 heavy (non-hydrogen) atoms. The summed E-state index contributed by atoms with van der Waals surface area (Å²) in [5.41, 5.74) is 5.95.